The Balaban J connectivity index is 0.000000277. The van der Waals surface area contributed by atoms with E-state index >= 15 is 0 Å². The van der Waals surface area contributed by atoms with Gasteiger partial charge in [0.25, 0.3) is 0 Å². The number of hydrogen-bond acceptors (Lipinski definition) is 2. The average Bonchev–Trinajstić information content (AvgIpc) is 2.47. The van der Waals surface area contributed by atoms with Crippen LogP contribution in [-0.4, -0.2) is 11.6 Å². The molecule has 1 N–H and O–H groups in total. The van der Waals surface area contributed by atoms with Crippen molar-refractivity contribution in [2.45, 2.75) is 0 Å². The third kappa shape index (κ3) is 7.62. The smallest absolute Gasteiger partial charge is 0.254 e. The summed E-state index contributed by atoms with van der Waals surface area (Å²) in [6, 6.07) is 10.3. The number of carbonyl (C=O) groups excluding carboxylic acids is 1. The Bertz CT molecular complexity index is 703. The first kappa shape index (κ1) is 20.4. The molecule has 0 aliphatic carbocycles. The van der Waals surface area contributed by atoms with Crippen LogP contribution in [0.25, 0.3) is 0 Å². The Morgan fingerprint density at radius 1 is 0.957 bits per heavy atom. The largest absolute Gasteiger partial charge is 0.333 e. The van der Waals surface area contributed by atoms with Crippen molar-refractivity contribution in [3.8, 4) is 0 Å². The van der Waals surface area contributed by atoms with Gasteiger partial charge in [0.05, 0.1) is 21.3 Å². The van der Waals surface area contributed by atoms with Crippen molar-refractivity contribution in [3.63, 3.8) is 0 Å². The first-order valence-electron chi connectivity index (χ1n) is 5.84. The van der Waals surface area contributed by atoms with Crippen molar-refractivity contribution in [1.82, 2.24) is 5.43 Å². The number of amides is 1. The molecule has 0 unspecified atom stereocenters. The summed E-state index contributed by atoms with van der Waals surface area (Å²) in [5, 5.41) is 4.94. The van der Waals surface area contributed by atoms with Gasteiger partial charge in [-0.1, -0.05) is 70.1 Å². The van der Waals surface area contributed by atoms with Crippen LogP contribution in [0.5, 0.6) is 0 Å². The third-order valence-corrected chi connectivity index (χ3v) is 4.07. The van der Waals surface area contributed by atoms with Crippen LogP contribution in [0.15, 0.2) is 41.5 Å². The van der Waals surface area contributed by atoms with Crippen LogP contribution in [0.1, 0.15) is 5.56 Å². The van der Waals surface area contributed by atoms with Crippen LogP contribution >= 0.6 is 69.6 Å². The van der Waals surface area contributed by atoms with E-state index < -0.39 is 5.37 Å². The lowest BCUT2D eigenvalue weighted by atomic mass is 10.2. The molecule has 2 aromatic rings. The summed E-state index contributed by atoms with van der Waals surface area (Å²) in [6.45, 7) is 0. The summed E-state index contributed by atoms with van der Waals surface area (Å²) in [7, 11) is 0. The zero-order valence-electron chi connectivity index (χ0n) is 11.2. The lowest BCUT2D eigenvalue weighted by molar-refractivity contribution is 0.260. The Morgan fingerprint density at radius 3 is 2.04 bits per heavy atom. The highest BCUT2D eigenvalue weighted by atomic mass is 35.5. The molecule has 0 aliphatic rings. The highest BCUT2D eigenvalue weighted by Gasteiger charge is 2.06. The maximum Gasteiger partial charge on any atom is 0.333 e. The SMILES string of the molecule is Clc1cccc(Cl)c1.O=C(Cl)NN=Cc1ccc(Cl)c(Cl)c1Cl. The molecule has 2 rings (SSSR count). The lowest BCUT2D eigenvalue weighted by Gasteiger charge is -2.01. The van der Waals surface area contributed by atoms with Gasteiger partial charge in [-0.3, -0.25) is 4.79 Å². The molecule has 0 saturated carbocycles. The van der Waals surface area contributed by atoms with E-state index in [2.05, 4.69) is 5.10 Å². The number of hydrogen-bond donors (Lipinski definition) is 1. The molecule has 9 heteroatoms. The fourth-order valence-corrected chi connectivity index (χ4v) is 2.33. The summed E-state index contributed by atoms with van der Waals surface area (Å²) in [6.07, 6.45) is 1.31. The van der Waals surface area contributed by atoms with E-state index in [1.165, 1.54) is 6.21 Å². The van der Waals surface area contributed by atoms with Crippen molar-refractivity contribution in [1.29, 1.82) is 0 Å². The highest BCUT2D eigenvalue weighted by Crippen LogP contribution is 2.31. The minimum atomic E-state index is -0.789. The molecule has 0 radical (unpaired) electrons. The van der Waals surface area contributed by atoms with Crippen LogP contribution in [-0.2, 0) is 0 Å². The minimum Gasteiger partial charge on any atom is -0.254 e. The van der Waals surface area contributed by atoms with Crippen LogP contribution < -0.4 is 5.43 Å². The lowest BCUT2D eigenvalue weighted by Crippen LogP contribution is -2.07. The monoisotopic (exact) mass is 430 g/mol. The van der Waals surface area contributed by atoms with E-state index in [-0.39, 0.29) is 10.0 Å². The number of halogens is 6. The molecule has 0 spiro atoms. The van der Waals surface area contributed by atoms with Crippen LogP contribution in [0.3, 0.4) is 0 Å². The summed E-state index contributed by atoms with van der Waals surface area (Å²) in [4.78, 5) is 10.3. The number of carbonyl (C=O) groups is 1. The molecular weight excluding hydrogens is 425 g/mol. The summed E-state index contributed by atoms with van der Waals surface area (Å²) in [5.74, 6) is 0. The number of rotatable bonds is 2. The summed E-state index contributed by atoms with van der Waals surface area (Å²) >= 11 is 33.5. The van der Waals surface area contributed by atoms with Gasteiger partial charge in [0, 0.05) is 15.6 Å². The molecule has 0 heterocycles. The van der Waals surface area contributed by atoms with Crippen molar-refractivity contribution in [2.75, 3.05) is 0 Å². The fourth-order valence-electron chi connectivity index (χ4n) is 1.25. The van der Waals surface area contributed by atoms with E-state index in [1.807, 2.05) is 11.5 Å². The first-order chi connectivity index (χ1) is 10.8. The van der Waals surface area contributed by atoms with Crippen molar-refractivity contribution < 1.29 is 4.79 Å². The second kappa shape index (κ2) is 10.2. The summed E-state index contributed by atoms with van der Waals surface area (Å²) in [5.41, 5.74) is 2.54. The van der Waals surface area contributed by atoms with E-state index in [1.54, 1.807) is 30.3 Å². The maximum atomic E-state index is 10.3. The predicted molar refractivity (Wildman–Crippen MR) is 99.9 cm³/mol. The molecular formula is C14H8Cl6N2O. The van der Waals surface area contributed by atoms with Crippen molar-refractivity contribution in [3.05, 3.63) is 67.1 Å². The van der Waals surface area contributed by atoms with Gasteiger partial charge in [0.15, 0.2) is 0 Å². The van der Waals surface area contributed by atoms with Crippen LogP contribution in [0, 0.1) is 0 Å². The second-order valence-electron chi connectivity index (χ2n) is 3.85. The number of benzene rings is 2. The van der Waals surface area contributed by atoms with Crippen molar-refractivity contribution >= 4 is 81.2 Å². The summed E-state index contributed by atoms with van der Waals surface area (Å²) < 4.78 is 0. The second-order valence-corrected chi connectivity index (χ2v) is 6.23. The van der Waals surface area contributed by atoms with E-state index in [4.69, 9.17) is 69.6 Å². The normalized spacial score (nSPS) is 10.2. The Kier molecular flexibility index (Phi) is 9.07. The molecule has 3 nitrogen and oxygen atoms in total. The Morgan fingerprint density at radius 2 is 1.57 bits per heavy atom. The molecule has 1 amide bonds. The van der Waals surface area contributed by atoms with Crippen LogP contribution in [0.4, 0.5) is 4.79 Å². The minimum absolute atomic E-state index is 0.236. The van der Waals surface area contributed by atoms with Gasteiger partial charge in [0.2, 0.25) is 0 Å². The molecule has 122 valence electrons. The molecule has 23 heavy (non-hydrogen) atoms. The molecule has 0 aromatic heterocycles. The number of nitrogens with zero attached hydrogens (tertiary/aromatic N) is 1. The molecule has 0 saturated heterocycles. The van der Waals surface area contributed by atoms with Gasteiger partial charge < -0.3 is 0 Å². The van der Waals surface area contributed by atoms with E-state index in [0.29, 0.717) is 20.6 Å². The van der Waals surface area contributed by atoms with E-state index in [0.717, 1.165) is 0 Å². The van der Waals surface area contributed by atoms with Gasteiger partial charge in [-0.15, -0.1) is 0 Å². The predicted octanol–water partition coefficient (Wildman–Crippen LogP) is 6.92. The highest BCUT2D eigenvalue weighted by molar-refractivity contribution is 6.62. The Labute approximate surface area is 163 Å². The van der Waals surface area contributed by atoms with E-state index in [9.17, 15) is 4.79 Å². The standard InChI is InChI=1S/C8H4Cl4N2O.C6H4Cl2/c9-5-2-1-4(6(10)7(5)11)3-13-14-8(12)15;7-5-2-1-3-6(8)4-5/h1-3H,(H,14,15);1-4H. The maximum absolute atomic E-state index is 10.3. The van der Waals surface area contributed by atoms with Crippen LogP contribution in [0.2, 0.25) is 25.1 Å². The van der Waals surface area contributed by atoms with Gasteiger partial charge >= 0.3 is 5.37 Å². The van der Waals surface area contributed by atoms with Gasteiger partial charge in [-0.25, -0.2) is 5.43 Å². The van der Waals surface area contributed by atoms with Gasteiger partial charge in [0.1, 0.15) is 0 Å². The van der Waals surface area contributed by atoms with Gasteiger partial charge in [-0.2, -0.15) is 5.10 Å². The number of nitrogens with one attached hydrogen (secondary N) is 1. The third-order valence-electron chi connectivity index (χ3n) is 2.21. The zero-order valence-corrected chi connectivity index (χ0v) is 15.7. The molecule has 2 aromatic carbocycles. The quantitative estimate of drug-likeness (QED) is 0.181. The molecule has 0 bridgehead atoms. The van der Waals surface area contributed by atoms with Crippen molar-refractivity contribution in [2.24, 2.45) is 5.10 Å². The fraction of sp³-hybridized carbons (Fsp3) is 0. The molecule has 0 aliphatic heterocycles. The molecule has 0 atom stereocenters. The molecule has 0 fully saturated rings. The number of hydrazone groups is 1. The Hall–Kier alpha value is -0.680. The average molecular weight is 433 g/mol. The zero-order chi connectivity index (χ0) is 17.4. The topological polar surface area (TPSA) is 41.5 Å². The van der Waals surface area contributed by atoms with Gasteiger partial charge in [-0.05, 0) is 35.9 Å². The first-order valence-corrected chi connectivity index (χ1v) is 8.11.